The van der Waals surface area contributed by atoms with E-state index >= 15 is 0 Å². The van der Waals surface area contributed by atoms with E-state index in [1.54, 1.807) is 22.7 Å². The van der Waals surface area contributed by atoms with Crippen molar-refractivity contribution >= 4 is 34.3 Å². The van der Waals surface area contributed by atoms with Gasteiger partial charge in [-0.15, -0.1) is 22.7 Å². The van der Waals surface area contributed by atoms with Crippen molar-refractivity contribution in [2.45, 2.75) is 6.54 Å². The minimum absolute atomic E-state index is 0.813. The molecule has 1 saturated heterocycles. The lowest BCUT2D eigenvalue weighted by Gasteiger charge is -2.25. The summed E-state index contributed by atoms with van der Waals surface area (Å²) in [6, 6.07) is 3.95. The van der Waals surface area contributed by atoms with Crippen LogP contribution in [0.4, 0.5) is 0 Å². The second kappa shape index (κ2) is 5.67. The third-order valence-electron chi connectivity index (χ3n) is 2.84. The molecule has 2 aromatic heterocycles. The first kappa shape index (κ1) is 12.6. The maximum absolute atomic E-state index is 5.94. The van der Waals surface area contributed by atoms with E-state index in [2.05, 4.69) is 15.3 Å². The second-order valence-corrected chi connectivity index (χ2v) is 6.78. The zero-order valence-electron chi connectivity index (χ0n) is 9.76. The zero-order chi connectivity index (χ0) is 12.4. The van der Waals surface area contributed by atoms with Gasteiger partial charge in [0.05, 0.1) is 34.7 Å². The molecule has 0 bridgehead atoms. The van der Waals surface area contributed by atoms with E-state index in [1.807, 2.05) is 12.1 Å². The Morgan fingerprint density at radius 3 is 2.89 bits per heavy atom. The quantitative estimate of drug-likeness (QED) is 0.869. The molecular weight excluding hydrogens is 288 g/mol. The van der Waals surface area contributed by atoms with Crippen LogP contribution in [-0.4, -0.2) is 36.2 Å². The lowest BCUT2D eigenvalue weighted by atomic mass is 10.4. The van der Waals surface area contributed by atoms with Gasteiger partial charge in [-0.25, -0.2) is 4.98 Å². The van der Waals surface area contributed by atoms with Gasteiger partial charge in [-0.2, -0.15) is 0 Å². The summed E-state index contributed by atoms with van der Waals surface area (Å²) in [6.45, 7) is 4.59. The van der Waals surface area contributed by atoms with Gasteiger partial charge in [-0.05, 0) is 12.1 Å². The summed E-state index contributed by atoms with van der Waals surface area (Å²) < 4.78 is 6.16. The van der Waals surface area contributed by atoms with Gasteiger partial charge < -0.3 is 4.74 Å². The van der Waals surface area contributed by atoms with Crippen LogP contribution in [-0.2, 0) is 11.3 Å². The van der Waals surface area contributed by atoms with Crippen LogP contribution in [0, 0.1) is 0 Å². The fourth-order valence-electron chi connectivity index (χ4n) is 1.90. The van der Waals surface area contributed by atoms with Gasteiger partial charge in [0.2, 0.25) is 0 Å². The van der Waals surface area contributed by atoms with Crippen LogP contribution in [0.15, 0.2) is 17.5 Å². The van der Waals surface area contributed by atoms with Crippen molar-refractivity contribution in [3.63, 3.8) is 0 Å². The molecule has 6 heteroatoms. The standard InChI is InChI=1S/C12H13ClN2OS2/c13-11-2-1-10(18-11)9-8-17-12(14-9)7-15-3-5-16-6-4-15/h1-2,8H,3-7H2. The lowest BCUT2D eigenvalue weighted by Crippen LogP contribution is -2.35. The highest BCUT2D eigenvalue weighted by Crippen LogP contribution is 2.31. The fourth-order valence-corrected chi connectivity index (χ4v) is 3.81. The molecule has 1 aliphatic heterocycles. The van der Waals surface area contributed by atoms with Crippen molar-refractivity contribution in [3.8, 4) is 10.6 Å². The molecule has 0 saturated carbocycles. The zero-order valence-corrected chi connectivity index (χ0v) is 12.2. The summed E-state index contributed by atoms with van der Waals surface area (Å²) in [7, 11) is 0. The Hall–Kier alpha value is -0.460. The topological polar surface area (TPSA) is 25.4 Å². The van der Waals surface area contributed by atoms with Gasteiger partial charge in [0, 0.05) is 18.5 Å². The molecule has 0 aliphatic carbocycles. The van der Waals surface area contributed by atoms with E-state index in [9.17, 15) is 0 Å². The number of rotatable bonds is 3. The van der Waals surface area contributed by atoms with Crippen molar-refractivity contribution in [3.05, 3.63) is 26.9 Å². The summed E-state index contributed by atoms with van der Waals surface area (Å²) in [6.07, 6.45) is 0. The van der Waals surface area contributed by atoms with Crippen LogP contribution in [0.25, 0.3) is 10.6 Å². The van der Waals surface area contributed by atoms with Crippen molar-refractivity contribution in [2.75, 3.05) is 26.3 Å². The van der Waals surface area contributed by atoms with Crippen LogP contribution < -0.4 is 0 Å². The Balaban J connectivity index is 1.69. The minimum atomic E-state index is 0.813. The summed E-state index contributed by atoms with van der Waals surface area (Å²) >= 11 is 9.24. The van der Waals surface area contributed by atoms with Gasteiger partial charge in [0.25, 0.3) is 0 Å². The molecule has 18 heavy (non-hydrogen) atoms. The maximum atomic E-state index is 5.94. The number of hydrogen-bond donors (Lipinski definition) is 0. The molecule has 0 spiro atoms. The van der Waals surface area contributed by atoms with Gasteiger partial charge in [0.1, 0.15) is 5.01 Å². The van der Waals surface area contributed by atoms with Gasteiger partial charge >= 0.3 is 0 Å². The molecular formula is C12H13ClN2OS2. The van der Waals surface area contributed by atoms with Gasteiger partial charge in [-0.1, -0.05) is 11.6 Å². The van der Waals surface area contributed by atoms with Gasteiger partial charge in [0.15, 0.2) is 0 Å². The number of thiazole rings is 1. The van der Waals surface area contributed by atoms with Crippen molar-refractivity contribution < 1.29 is 4.74 Å². The van der Waals surface area contributed by atoms with Crippen LogP contribution in [0.3, 0.4) is 0 Å². The van der Waals surface area contributed by atoms with Gasteiger partial charge in [-0.3, -0.25) is 4.90 Å². The Labute approximate surface area is 119 Å². The number of ether oxygens (including phenoxy) is 1. The number of hydrogen-bond acceptors (Lipinski definition) is 5. The molecule has 0 amide bonds. The van der Waals surface area contributed by atoms with E-state index in [4.69, 9.17) is 16.3 Å². The molecule has 2 aromatic rings. The predicted octanol–water partition coefficient (Wildman–Crippen LogP) is 3.36. The monoisotopic (exact) mass is 300 g/mol. The summed E-state index contributed by atoms with van der Waals surface area (Å²) in [5.41, 5.74) is 1.04. The number of morpholine rings is 1. The number of halogens is 1. The normalized spacial score (nSPS) is 17.2. The van der Waals surface area contributed by atoms with Crippen LogP contribution in [0.1, 0.15) is 5.01 Å². The van der Waals surface area contributed by atoms with E-state index in [-0.39, 0.29) is 0 Å². The molecule has 0 atom stereocenters. The minimum Gasteiger partial charge on any atom is -0.379 e. The average molecular weight is 301 g/mol. The first-order valence-corrected chi connectivity index (χ1v) is 7.89. The smallest absolute Gasteiger partial charge is 0.107 e. The van der Waals surface area contributed by atoms with Crippen molar-refractivity contribution in [1.82, 2.24) is 9.88 Å². The molecule has 1 aliphatic rings. The fraction of sp³-hybridized carbons (Fsp3) is 0.417. The summed E-state index contributed by atoms with van der Waals surface area (Å²) in [5, 5.41) is 3.27. The van der Waals surface area contributed by atoms with Crippen molar-refractivity contribution in [1.29, 1.82) is 0 Å². The maximum Gasteiger partial charge on any atom is 0.107 e. The van der Waals surface area contributed by atoms with E-state index in [1.165, 1.54) is 0 Å². The molecule has 3 heterocycles. The number of nitrogens with zero attached hydrogens (tertiary/aromatic N) is 2. The van der Waals surface area contributed by atoms with E-state index in [0.717, 1.165) is 52.8 Å². The highest BCUT2D eigenvalue weighted by molar-refractivity contribution is 7.19. The highest BCUT2D eigenvalue weighted by Gasteiger charge is 2.13. The third kappa shape index (κ3) is 2.92. The molecule has 96 valence electrons. The second-order valence-electron chi connectivity index (χ2n) is 4.12. The Morgan fingerprint density at radius 1 is 1.33 bits per heavy atom. The SMILES string of the molecule is Clc1ccc(-c2csc(CN3CCOCC3)n2)s1. The Bertz CT molecular complexity index is 520. The molecule has 1 fully saturated rings. The Morgan fingerprint density at radius 2 is 2.17 bits per heavy atom. The molecule has 0 N–H and O–H groups in total. The summed E-state index contributed by atoms with van der Waals surface area (Å²) in [4.78, 5) is 8.20. The van der Waals surface area contributed by atoms with Crippen LogP contribution in [0.5, 0.6) is 0 Å². The van der Waals surface area contributed by atoms with E-state index < -0.39 is 0 Å². The third-order valence-corrected chi connectivity index (χ3v) is 4.93. The number of thiophene rings is 1. The highest BCUT2D eigenvalue weighted by atomic mass is 35.5. The predicted molar refractivity (Wildman–Crippen MR) is 76.5 cm³/mol. The molecule has 3 rings (SSSR count). The average Bonchev–Trinajstić information content (AvgIpc) is 2.99. The molecule has 0 unspecified atom stereocenters. The first-order valence-electron chi connectivity index (χ1n) is 5.81. The molecule has 0 radical (unpaired) electrons. The first-order chi connectivity index (χ1) is 8.81. The van der Waals surface area contributed by atoms with Crippen LogP contribution >= 0.6 is 34.3 Å². The molecule has 3 nitrogen and oxygen atoms in total. The number of aromatic nitrogens is 1. The van der Waals surface area contributed by atoms with E-state index in [0.29, 0.717) is 0 Å². The molecule has 0 aromatic carbocycles. The largest absolute Gasteiger partial charge is 0.379 e. The lowest BCUT2D eigenvalue weighted by molar-refractivity contribution is 0.0342. The van der Waals surface area contributed by atoms with Crippen LogP contribution in [0.2, 0.25) is 4.34 Å². The van der Waals surface area contributed by atoms with Crippen molar-refractivity contribution in [2.24, 2.45) is 0 Å². The Kier molecular flexibility index (Phi) is 3.96. The summed E-state index contributed by atoms with van der Waals surface area (Å²) in [5.74, 6) is 0.